The molecule has 1 aliphatic heterocycles. The van der Waals surface area contributed by atoms with Gasteiger partial charge in [0, 0.05) is 26.2 Å². The Morgan fingerprint density at radius 1 is 0.692 bits per heavy atom. The predicted molar refractivity (Wildman–Crippen MR) is 249 cm³/mol. The number of benzene rings is 1. The summed E-state index contributed by atoms with van der Waals surface area (Å²) >= 11 is 0. The van der Waals surface area contributed by atoms with Gasteiger partial charge < -0.3 is 29.9 Å². The van der Waals surface area contributed by atoms with Crippen LogP contribution in [0.15, 0.2) is 30.3 Å². The number of carbonyl (C=O) groups excluding carboxylic acids is 3. The van der Waals surface area contributed by atoms with E-state index in [4.69, 9.17) is 4.74 Å². The average Bonchev–Trinajstić information content (AvgIpc) is 3.90. The third-order valence-electron chi connectivity index (χ3n) is 22.9. The van der Waals surface area contributed by atoms with Gasteiger partial charge >= 0.3 is 11.9 Å². The van der Waals surface area contributed by atoms with Crippen molar-refractivity contribution < 1.29 is 39.2 Å². The number of ether oxygens (including phenoxy) is 1. The fraction of sp³-hybridized carbons (Fsp3) is 0.818. The average molecular weight is 899 g/mol. The van der Waals surface area contributed by atoms with E-state index < -0.39 is 41.3 Å². The van der Waals surface area contributed by atoms with Gasteiger partial charge in [0.25, 0.3) is 0 Å². The van der Waals surface area contributed by atoms with Crippen LogP contribution in [0.1, 0.15) is 151 Å². The molecule has 12 atom stereocenters. The summed E-state index contributed by atoms with van der Waals surface area (Å²) < 4.78 is 5.86. The van der Waals surface area contributed by atoms with Gasteiger partial charge in [-0.3, -0.25) is 19.2 Å². The van der Waals surface area contributed by atoms with E-state index in [0.717, 1.165) is 69.8 Å². The number of nitrogens with zero attached hydrogens (tertiary/aromatic N) is 2. The number of aliphatic hydroxyl groups excluding tert-OH is 2. The standard InChI is InChI=1S/C55H82N2O8/c1-47(2)39-19-21-53(9)41(51(39,7)20-18-40(47)55(46(63)64)31-38(48(55,3)4)43(60)65-32-35-13-11-10-12-14-35)16-15-37-42-36(49(5)23-24-49)17-22-54(42,26-25-52(37,53)8)45(62)57-29-27-56(28-30-57)44(61)50(6,33-58)34-59/h10-14,36-42,58-59H,15-34H2,1-9H3,(H,63,64)/t36?,37-,38+,39-,40+,41-,42-,51-,52-,53-,54+,55-/m1/s1. The van der Waals surface area contributed by atoms with Gasteiger partial charge in [-0.15, -0.1) is 0 Å². The summed E-state index contributed by atoms with van der Waals surface area (Å²) in [7, 11) is 0. The van der Waals surface area contributed by atoms with Crippen LogP contribution in [0.25, 0.3) is 0 Å². The van der Waals surface area contributed by atoms with Crippen LogP contribution < -0.4 is 0 Å². The monoisotopic (exact) mass is 899 g/mol. The van der Waals surface area contributed by atoms with Crippen LogP contribution in [-0.4, -0.2) is 88.3 Å². The number of piperazine rings is 1. The topological polar surface area (TPSA) is 145 Å². The molecule has 7 saturated carbocycles. The van der Waals surface area contributed by atoms with Crippen molar-refractivity contribution in [3.05, 3.63) is 35.9 Å². The highest BCUT2D eigenvalue weighted by Gasteiger charge is 2.77. The molecular formula is C55H82N2O8. The summed E-state index contributed by atoms with van der Waals surface area (Å²) in [4.78, 5) is 60.0. The molecule has 10 heteroatoms. The third-order valence-corrected chi connectivity index (χ3v) is 22.9. The van der Waals surface area contributed by atoms with E-state index in [1.807, 2.05) is 44.2 Å². The molecule has 0 aromatic heterocycles. The highest BCUT2D eigenvalue weighted by molar-refractivity contribution is 5.86. The van der Waals surface area contributed by atoms with E-state index in [-0.39, 0.29) is 51.5 Å². The van der Waals surface area contributed by atoms with Crippen molar-refractivity contribution in [1.82, 2.24) is 9.80 Å². The SMILES string of the molecule is CC(CO)(CO)C(=O)N1CCN(C(=O)[C@]23CCC(C4(C)CC4)[C@@H]2[C@H]2CC[C@@H]4[C@]5(C)CC[C@H]([C@@]6(C(=O)O)C[C@@H](C(=O)OCc7ccccc7)C6(C)C)C(C)(C)[C@H]5CC[C@@]4(C)[C@]2(C)CC3)CC1. The van der Waals surface area contributed by atoms with Crippen molar-refractivity contribution in [3.63, 3.8) is 0 Å². The van der Waals surface area contributed by atoms with E-state index >= 15 is 4.79 Å². The predicted octanol–water partition coefficient (Wildman–Crippen LogP) is 9.01. The number of aliphatic hydroxyl groups is 2. The van der Waals surface area contributed by atoms with Crippen molar-refractivity contribution >= 4 is 23.8 Å². The smallest absolute Gasteiger partial charge is 0.310 e. The molecule has 1 saturated heterocycles. The minimum absolute atomic E-state index is 0.0454. The van der Waals surface area contributed by atoms with Gasteiger partial charge in [0.2, 0.25) is 11.8 Å². The Balaban J connectivity index is 0.956. The minimum Gasteiger partial charge on any atom is -0.481 e. The number of carbonyl (C=O) groups is 4. The number of rotatable bonds is 10. The molecule has 360 valence electrons. The molecule has 8 fully saturated rings. The number of hydrogen-bond donors (Lipinski definition) is 3. The van der Waals surface area contributed by atoms with E-state index in [2.05, 4.69) is 46.4 Å². The van der Waals surface area contributed by atoms with Gasteiger partial charge in [-0.25, -0.2) is 0 Å². The van der Waals surface area contributed by atoms with Crippen LogP contribution in [0.4, 0.5) is 0 Å². The largest absolute Gasteiger partial charge is 0.481 e. The molecule has 1 aromatic rings. The van der Waals surface area contributed by atoms with E-state index in [1.165, 1.54) is 12.8 Å². The zero-order chi connectivity index (χ0) is 47.0. The van der Waals surface area contributed by atoms with Crippen LogP contribution in [0.5, 0.6) is 0 Å². The van der Waals surface area contributed by atoms with Crippen molar-refractivity contribution in [3.8, 4) is 0 Å². The lowest BCUT2D eigenvalue weighted by atomic mass is 9.29. The molecule has 1 aromatic carbocycles. The van der Waals surface area contributed by atoms with Crippen LogP contribution in [0, 0.1) is 90.2 Å². The van der Waals surface area contributed by atoms with Crippen LogP contribution in [0.2, 0.25) is 0 Å². The Kier molecular flexibility index (Phi) is 11.2. The van der Waals surface area contributed by atoms with Gasteiger partial charge in [0.1, 0.15) is 6.61 Å². The van der Waals surface area contributed by atoms with E-state index in [0.29, 0.717) is 73.5 Å². The lowest BCUT2D eigenvalue weighted by Gasteiger charge is -2.75. The molecule has 0 spiro atoms. The highest BCUT2D eigenvalue weighted by Crippen LogP contribution is 2.81. The molecule has 9 rings (SSSR count). The maximum atomic E-state index is 15.3. The number of aliphatic carboxylic acids is 1. The number of carboxylic acids is 1. The summed E-state index contributed by atoms with van der Waals surface area (Å²) in [5.74, 6) is 0.680. The molecule has 1 unspecified atom stereocenters. The zero-order valence-corrected chi connectivity index (χ0v) is 41.3. The van der Waals surface area contributed by atoms with Crippen LogP contribution in [0.3, 0.4) is 0 Å². The molecule has 1 heterocycles. The van der Waals surface area contributed by atoms with Gasteiger partial charge in [-0.1, -0.05) is 85.7 Å². The maximum Gasteiger partial charge on any atom is 0.310 e. The lowest BCUT2D eigenvalue weighted by Crippen LogP contribution is -2.71. The van der Waals surface area contributed by atoms with E-state index in [1.54, 1.807) is 11.8 Å². The number of hydrogen-bond acceptors (Lipinski definition) is 7. The Morgan fingerprint density at radius 3 is 1.92 bits per heavy atom. The van der Waals surface area contributed by atoms with Crippen LogP contribution >= 0.6 is 0 Å². The van der Waals surface area contributed by atoms with E-state index in [9.17, 15) is 29.7 Å². The van der Waals surface area contributed by atoms with Gasteiger partial charge in [0.05, 0.1) is 35.4 Å². The second kappa shape index (κ2) is 15.5. The highest BCUT2D eigenvalue weighted by atomic mass is 16.5. The normalized spacial score (nSPS) is 42.3. The molecule has 0 bridgehead atoms. The first-order chi connectivity index (χ1) is 30.5. The molecule has 7 aliphatic carbocycles. The maximum absolute atomic E-state index is 15.3. The summed E-state index contributed by atoms with van der Waals surface area (Å²) in [6, 6.07) is 9.70. The number of amides is 2. The fourth-order valence-electron chi connectivity index (χ4n) is 18.5. The zero-order valence-electron chi connectivity index (χ0n) is 41.3. The Labute approximate surface area is 389 Å². The van der Waals surface area contributed by atoms with Crippen LogP contribution in [-0.2, 0) is 30.5 Å². The molecule has 10 nitrogen and oxygen atoms in total. The second-order valence-electron chi connectivity index (χ2n) is 25.9. The molecule has 8 aliphatic rings. The first kappa shape index (κ1) is 47.1. The molecule has 0 radical (unpaired) electrons. The fourth-order valence-corrected chi connectivity index (χ4v) is 18.5. The summed E-state index contributed by atoms with van der Waals surface area (Å²) in [5, 5.41) is 31.2. The number of fused-ring (bicyclic) bond motifs is 7. The quantitative estimate of drug-likeness (QED) is 0.198. The molecular weight excluding hydrogens is 817 g/mol. The first-order valence-electron chi connectivity index (χ1n) is 25.7. The Morgan fingerprint density at radius 2 is 1.32 bits per heavy atom. The summed E-state index contributed by atoms with van der Waals surface area (Å²) in [6.07, 6.45) is 13.2. The Bertz CT molecular complexity index is 2050. The molecule has 2 amide bonds. The lowest BCUT2D eigenvalue weighted by molar-refractivity contribution is -0.270. The second-order valence-corrected chi connectivity index (χ2v) is 25.9. The first-order valence-corrected chi connectivity index (χ1v) is 25.7. The minimum atomic E-state index is -1.22. The number of esters is 1. The van der Waals surface area contributed by atoms with Gasteiger partial charge in [0.15, 0.2) is 0 Å². The third kappa shape index (κ3) is 6.42. The molecule has 3 N–H and O–H groups in total. The van der Waals surface area contributed by atoms with Gasteiger partial charge in [-0.05, 0) is 164 Å². The molecule has 65 heavy (non-hydrogen) atoms. The van der Waals surface area contributed by atoms with Crippen molar-refractivity contribution in [2.24, 2.45) is 90.2 Å². The summed E-state index contributed by atoms with van der Waals surface area (Å²) in [5.41, 5.74) is -2.20. The number of carboxylic acid groups (broad SMARTS) is 1. The van der Waals surface area contributed by atoms with Crippen molar-refractivity contribution in [1.29, 1.82) is 0 Å². The Hall–Kier alpha value is -2.98. The summed E-state index contributed by atoms with van der Waals surface area (Å²) in [6.45, 7) is 22.0. The van der Waals surface area contributed by atoms with Crippen molar-refractivity contribution in [2.75, 3.05) is 39.4 Å². The van der Waals surface area contributed by atoms with Crippen molar-refractivity contribution in [2.45, 2.75) is 152 Å². The van der Waals surface area contributed by atoms with Gasteiger partial charge in [-0.2, -0.15) is 0 Å².